The summed E-state index contributed by atoms with van der Waals surface area (Å²) in [4.78, 5) is 30.4. The van der Waals surface area contributed by atoms with Crippen LogP contribution in [0.25, 0.3) is 0 Å². The van der Waals surface area contributed by atoms with Crippen LogP contribution in [-0.2, 0) is 16.0 Å². The fourth-order valence-electron chi connectivity index (χ4n) is 3.45. The summed E-state index contributed by atoms with van der Waals surface area (Å²) in [6.07, 6.45) is 3.19. The molecule has 2 aliphatic heterocycles. The van der Waals surface area contributed by atoms with Gasteiger partial charge in [-0.05, 0) is 69.6 Å². The SMILES string of the molecule is CCN1C(=O)C(=CN2c3ccc(F)cc3CC[C@@H]2C)C(=O)N(CC)C1=S. The molecule has 0 radical (unpaired) electrons. The number of thiocarbonyl (C=S) groups is 1. The van der Waals surface area contributed by atoms with E-state index in [0.29, 0.717) is 13.1 Å². The standard InChI is InChI=1S/C19H22FN3O2S/c1-4-21-17(24)15(18(25)22(5-2)19(21)26)11-23-12(3)6-7-13-10-14(20)8-9-16(13)23/h8-12H,4-7H2,1-3H3/t12-/m0/s1. The molecule has 1 aromatic carbocycles. The van der Waals surface area contributed by atoms with Crippen LogP contribution in [0.3, 0.4) is 0 Å². The number of aryl methyl sites for hydroxylation is 1. The fraction of sp³-hybridized carbons (Fsp3) is 0.421. The number of benzene rings is 1. The Morgan fingerprint density at radius 2 is 1.81 bits per heavy atom. The number of anilines is 1. The Hall–Kier alpha value is -2.28. The highest BCUT2D eigenvalue weighted by atomic mass is 32.1. The number of fused-ring (bicyclic) bond motifs is 1. The molecule has 0 aromatic heterocycles. The quantitative estimate of drug-likeness (QED) is 0.463. The van der Waals surface area contributed by atoms with E-state index in [1.165, 1.54) is 21.9 Å². The van der Waals surface area contributed by atoms with Gasteiger partial charge >= 0.3 is 0 Å². The van der Waals surface area contributed by atoms with Crippen molar-refractivity contribution < 1.29 is 14.0 Å². The zero-order valence-electron chi connectivity index (χ0n) is 15.2. The Kier molecular flexibility index (Phi) is 5.09. The van der Waals surface area contributed by atoms with Gasteiger partial charge < -0.3 is 4.90 Å². The third-order valence-electron chi connectivity index (χ3n) is 4.94. The molecular weight excluding hydrogens is 353 g/mol. The van der Waals surface area contributed by atoms with Gasteiger partial charge in [0.1, 0.15) is 11.4 Å². The molecule has 2 heterocycles. The number of nitrogens with zero attached hydrogens (tertiary/aromatic N) is 3. The smallest absolute Gasteiger partial charge is 0.267 e. The van der Waals surface area contributed by atoms with Gasteiger partial charge in [0.05, 0.1) is 0 Å². The maximum Gasteiger partial charge on any atom is 0.267 e. The second kappa shape index (κ2) is 7.15. The van der Waals surface area contributed by atoms with Gasteiger partial charge in [0.2, 0.25) is 0 Å². The summed E-state index contributed by atoms with van der Waals surface area (Å²) < 4.78 is 13.6. The van der Waals surface area contributed by atoms with Crippen molar-refractivity contribution in [3.63, 3.8) is 0 Å². The highest BCUT2D eigenvalue weighted by Gasteiger charge is 2.39. The first-order valence-corrected chi connectivity index (χ1v) is 9.26. The Labute approximate surface area is 158 Å². The van der Waals surface area contributed by atoms with Crippen LogP contribution in [0, 0.1) is 5.82 Å². The molecule has 0 N–H and O–H groups in total. The zero-order valence-corrected chi connectivity index (χ0v) is 16.0. The molecule has 2 aliphatic rings. The third kappa shape index (κ3) is 3.00. The minimum absolute atomic E-state index is 0.0892. The van der Waals surface area contributed by atoms with E-state index in [4.69, 9.17) is 12.2 Å². The van der Waals surface area contributed by atoms with Crippen LogP contribution >= 0.6 is 12.2 Å². The Balaban J connectivity index is 2.06. The summed E-state index contributed by atoms with van der Waals surface area (Å²) in [5.41, 5.74) is 1.80. The van der Waals surface area contributed by atoms with Gasteiger partial charge in [0.25, 0.3) is 11.8 Å². The molecule has 1 saturated heterocycles. The normalized spacial score (nSPS) is 20.6. The number of carbonyl (C=O) groups is 2. The van der Waals surface area contributed by atoms with Crippen molar-refractivity contribution in [2.45, 2.75) is 39.7 Å². The molecule has 0 spiro atoms. The lowest BCUT2D eigenvalue weighted by Crippen LogP contribution is -2.56. The van der Waals surface area contributed by atoms with E-state index in [0.717, 1.165) is 24.1 Å². The summed E-state index contributed by atoms with van der Waals surface area (Å²) in [5, 5.41) is 0.247. The van der Waals surface area contributed by atoms with Crippen LogP contribution in [0.15, 0.2) is 30.0 Å². The summed E-state index contributed by atoms with van der Waals surface area (Å²) in [7, 11) is 0. The van der Waals surface area contributed by atoms with Crippen molar-refractivity contribution >= 4 is 34.8 Å². The second-order valence-corrected chi connectivity index (χ2v) is 6.86. The lowest BCUT2D eigenvalue weighted by molar-refractivity contribution is -0.133. The predicted octanol–water partition coefficient (Wildman–Crippen LogP) is 2.85. The molecule has 1 fully saturated rings. The number of hydrogen-bond donors (Lipinski definition) is 0. The topological polar surface area (TPSA) is 43.9 Å². The maximum atomic E-state index is 13.6. The Morgan fingerprint density at radius 1 is 1.19 bits per heavy atom. The predicted molar refractivity (Wildman–Crippen MR) is 102 cm³/mol. The largest absolute Gasteiger partial charge is 0.344 e. The molecule has 0 saturated carbocycles. The summed E-state index contributed by atoms with van der Waals surface area (Å²) >= 11 is 5.29. The average molecular weight is 375 g/mol. The van der Waals surface area contributed by atoms with Gasteiger partial charge in [0, 0.05) is 31.0 Å². The van der Waals surface area contributed by atoms with E-state index in [1.54, 1.807) is 12.3 Å². The summed E-state index contributed by atoms with van der Waals surface area (Å²) in [5.74, 6) is -1.04. The molecular formula is C19H22FN3O2S. The van der Waals surface area contributed by atoms with Gasteiger partial charge in [-0.3, -0.25) is 19.4 Å². The zero-order chi connectivity index (χ0) is 19.0. The molecule has 1 atom stereocenters. The molecule has 3 rings (SSSR count). The Bertz CT molecular complexity index is 780. The lowest BCUT2D eigenvalue weighted by atomic mass is 9.96. The monoisotopic (exact) mass is 375 g/mol. The van der Waals surface area contributed by atoms with Crippen molar-refractivity contribution in [3.8, 4) is 0 Å². The first-order valence-electron chi connectivity index (χ1n) is 8.85. The van der Waals surface area contributed by atoms with Crippen LogP contribution in [-0.4, -0.2) is 45.9 Å². The van der Waals surface area contributed by atoms with E-state index < -0.39 is 0 Å². The van der Waals surface area contributed by atoms with E-state index in [9.17, 15) is 14.0 Å². The number of amides is 2. The van der Waals surface area contributed by atoms with Crippen molar-refractivity contribution in [2.24, 2.45) is 0 Å². The van der Waals surface area contributed by atoms with Gasteiger partial charge in [-0.25, -0.2) is 4.39 Å². The fourth-order valence-corrected chi connectivity index (χ4v) is 3.88. The number of halogens is 1. The number of hydrogen-bond acceptors (Lipinski definition) is 4. The highest BCUT2D eigenvalue weighted by molar-refractivity contribution is 7.80. The van der Waals surface area contributed by atoms with Crippen molar-refractivity contribution in [1.29, 1.82) is 0 Å². The van der Waals surface area contributed by atoms with Crippen LogP contribution in [0.2, 0.25) is 0 Å². The molecule has 5 nitrogen and oxygen atoms in total. The van der Waals surface area contributed by atoms with Gasteiger partial charge in [0.15, 0.2) is 5.11 Å². The number of carbonyl (C=O) groups excluding carboxylic acids is 2. The first-order chi connectivity index (χ1) is 12.4. The molecule has 0 bridgehead atoms. The van der Waals surface area contributed by atoms with E-state index in [1.807, 2.05) is 25.7 Å². The minimum Gasteiger partial charge on any atom is -0.344 e. The highest BCUT2D eigenvalue weighted by Crippen LogP contribution is 2.32. The summed E-state index contributed by atoms with van der Waals surface area (Å²) in [6, 6.07) is 4.72. The van der Waals surface area contributed by atoms with Gasteiger partial charge in [-0.15, -0.1) is 0 Å². The molecule has 26 heavy (non-hydrogen) atoms. The average Bonchev–Trinajstić information content (AvgIpc) is 2.61. The van der Waals surface area contributed by atoms with E-state index >= 15 is 0 Å². The Morgan fingerprint density at radius 3 is 2.38 bits per heavy atom. The van der Waals surface area contributed by atoms with Crippen molar-refractivity contribution in [3.05, 3.63) is 41.4 Å². The maximum absolute atomic E-state index is 13.6. The number of likely N-dealkylation sites (N-methyl/N-ethyl adjacent to an activating group) is 2. The molecule has 2 amide bonds. The van der Waals surface area contributed by atoms with Crippen LogP contribution in [0.5, 0.6) is 0 Å². The van der Waals surface area contributed by atoms with Crippen molar-refractivity contribution in [1.82, 2.24) is 9.80 Å². The first kappa shape index (κ1) is 18.5. The molecule has 1 aromatic rings. The molecule has 0 aliphatic carbocycles. The van der Waals surface area contributed by atoms with Crippen LogP contribution in [0.1, 0.15) is 32.8 Å². The van der Waals surface area contributed by atoms with Gasteiger partial charge in [-0.1, -0.05) is 0 Å². The van der Waals surface area contributed by atoms with E-state index in [2.05, 4.69) is 0 Å². The third-order valence-corrected chi connectivity index (χ3v) is 5.38. The summed E-state index contributed by atoms with van der Waals surface area (Å²) in [6.45, 7) is 6.48. The lowest BCUT2D eigenvalue weighted by Gasteiger charge is -2.38. The number of rotatable bonds is 3. The van der Waals surface area contributed by atoms with Crippen molar-refractivity contribution in [2.75, 3.05) is 18.0 Å². The van der Waals surface area contributed by atoms with Crippen LogP contribution in [0.4, 0.5) is 10.1 Å². The van der Waals surface area contributed by atoms with E-state index in [-0.39, 0.29) is 34.4 Å². The minimum atomic E-state index is -0.381. The molecule has 7 heteroatoms. The second-order valence-electron chi connectivity index (χ2n) is 6.49. The molecule has 0 unspecified atom stereocenters. The van der Waals surface area contributed by atoms with Crippen LogP contribution < -0.4 is 4.90 Å². The molecule has 138 valence electrons. The van der Waals surface area contributed by atoms with Gasteiger partial charge in [-0.2, -0.15) is 0 Å².